The number of anilines is 1. The number of halogens is 1. The summed E-state index contributed by atoms with van der Waals surface area (Å²) in [5.41, 5.74) is 9.02. The number of nitrogens with two attached hydrogens (primary N) is 1. The Balaban J connectivity index is 2.03. The van der Waals surface area contributed by atoms with Gasteiger partial charge in [0.1, 0.15) is 11.8 Å². The monoisotopic (exact) mass is 360 g/mol. The Bertz CT molecular complexity index is 1190. The molecule has 126 valence electrons. The lowest BCUT2D eigenvalue weighted by Gasteiger charge is -2.12. The maximum atomic E-state index is 9.31. The number of nitrogen functional groups attached to an aromatic ring is 1. The first kappa shape index (κ1) is 16.1. The van der Waals surface area contributed by atoms with Crippen LogP contribution in [0.25, 0.3) is 28.0 Å². The van der Waals surface area contributed by atoms with E-state index in [1.54, 1.807) is 12.3 Å². The molecule has 3 heterocycles. The molecule has 0 aliphatic heterocycles. The summed E-state index contributed by atoms with van der Waals surface area (Å²) in [5, 5.41) is 10.7. The number of nitrogens with zero attached hydrogens (tertiary/aromatic N) is 5. The molecule has 26 heavy (non-hydrogen) atoms. The Morgan fingerprint density at radius 3 is 2.81 bits per heavy atom. The van der Waals surface area contributed by atoms with Crippen molar-refractivity contribution in [2.45, 2.75) is 6.92 Å². The van der Waals surface area contributed by atoms with Crippen LogP contribution >= 0.6 is 11.6 Å². The van der Waals surface area contributed by atoms with Gasteiger partial charge in [-0.1, -0.05) is 17.7 Å². The topological polar surface area (TPSA) is 93.4 Å². The molecule has 0 saturated carbocycles. The van der Waals surface area contributed by atoms with E-state index in [-0.39, 0.29) is 11.5 Å². The lowest BCUT2D eigenvalue weighted by molar-refractivity contribution is 0.985. The van der Waals surface area contributed by atoms with E-state index in [2.05, 4.69) is 15.0 Å². The number of nitriles is 1. The molecule has 2 N–H and O–H groups in total. The Morgan fingerprint density at radius 2 is 2.08 bits per heavy atom. The van der Waals surface area contributed by atoms with Gasteiger partial charge in [-0.15, -0.1) is 0 Å². The summed E-state index contributed by atoms with van der Waals surface area (Å²) in [5.74, 6) is 0.625. The van der Waals surface area contributed by atoms with E-state index in [1.165, 1.54) is 0 Å². The van der Waals surface area contributed by atoms with Crippen molar-refractivity contribution in [3.63, 3.8) is 0 Å². The molecule has 0 unspecified atom stereocenters. The van der Waals surface area contributed by atoms with Crippen LogP contribution in [0.2, 0.25) is 5.02 Å². The maximum absolute atomic E-state index is 9.31. The van der Waals surface area contributed by atoms with Gasteiger partial charge in [-0.05, 0) is 36.8 Å². The van der Waals surface area contributed by atoms with E-state index in [1.807, 2.05) is 54.2 Å². The molecule has 0 fully saturated rings. The van der Waals surface area contributed by atoms with Crippen LogP contribution in [0.3, 0.4) is 0 Å². The number of aryl methyl sites for hydroxylation is 1. The molecular formula is C19H13ClN6. The molecule has 3 aromatic heterocycles. The quantitative estimate of drug-likeness (QED) is 0.585. The summed E-state index contributed by atoms with van der Waals surface area (Å²) in [6.07, 6.45) is 5.49. The van der Waals surface area contributed by atoms with Crippen molar-refractivity contribution in [2.75, 3.05) is 5.73 Å². The second-order valence-corrected chi connectivity index (χ2v) is 6.28. The fourth-order valence-corrected chi connectivity index (χ4v) is 3.09. The fraction of sp³-hybridized carbons (Fsp3) is 0.0526. The van der Waals surface area contributed by atoms with Crippen LogP contribution < -0.4 is 5.73 Å². The molecule has 1 aromatic carbocycles. The predicted octanol–water partition coefficient (Wildman–Crippen LogP) is 3.90. The molecule has 0 spiro atoms. The predicted molar refractivity (Wildman–Crippen MR) is 101 cm³/mol. The van der Waals surface area contributed by atoms with Gasteiger partial charge in [-0.25, -0.2) is 9.97 Å². The zero-order valence-electron chi connectivity index (χ0n) is 13.8. The van der Waals surface area contributed by atoms with Gasteiger partial charge in [-0.2, -0.15) is 5.26 Å². The van der Waals surface area contributed by atoms with Gasteiger partial charge < -0.3 is 10.3 Å². The summed E-state index contributed by atoms with van der Waals surface area (Å²) in [6.45, 7) is 1.98. The van der Waals surface area contributed by atoms with E-state index in [9.17, 15) is 5.26 Å². The third-order valence-electron chi connectivity index (χ3n) is 4.03. The van der Waals surface area contributed by atoms with Gasteiger partial charge in [0, 0.05) is 29.5 Å². The van der Waals surface area contributed by atoms with Crippen molar-refractivity contribution in [3.8, 4) is 23.1 Å². The van der Waals surface area contributed by atoms with Crippen molar-refractivity contribution < 1.29 is 0 Å². The molecule has 4 aromatic rings. The normalized spacial score (nSPS) is 10.8. The van der Waals surface area contributed by atoms with Crippen LogP contribution in [0.4, 0.5) is 5.82 Å². The van der Waals surface area contributed by atoms with Gasteiger partial charge in [0.05, 0.1) is 10.5 Å². The maximum Gasteiger partial charge on any atom is 0.183 e. The van der Waals surface area contributed by atoms with Crippen LogP contribution in [-0.4, -0.2) is 19.5 Å². The van der Waals surface area contributed by atoms with E-state index < -0.39 is 0 Å². The van der Waals surface area contributed by atoms with Gasteiger partial charge in [0.2, 0.25) is 0 Å². The number of rotatable bonds is 2. The number of aromatic nitrogens is 4. The van der Waals surface area contributed by atoms with Gasteiger partial charge in [-0.3, -0.25) is 4.98 Å². The van der Waals surface area contributed by atoms with Crippen molar-refractivity contribution in [3.05, 3.63) is 65.2 Å². The number of hydrogen-bond acceptors (Lipinski definition) is 5. The Morgan fingerprint density at radius 1 is 1.23 bits per heavy atom. The second kappa shape index (κ2) is 6.14. The highest BCUT2D eigenvalue weighted by Crippen LogP contribution is 2.32. The molecule has 0 saturated heterocycles. The molecule has 0 aliphatic rings. The zero-order chi connectivity index (χ0) is 18.3. The molecule has 7 heteroatoms. The minimum absolute atomic E-state index is 0.0787. The standard InChI is InChI=1S/C19H13ClN6/c1-11-4-6-26(10-11)19-17(24-15(9-21)18(22)25-19)13-7-12-3-2-5-23-16(12)14(20)8-13/h2-8,10H,1H3,(H2,22,25). The third kappa shape index (κ3) is 2.65. The SMILES string of the molecule is Cc1ccn(-c2nc(N)c(C#N)nc2-c2cc(Cl)c3ncccc3c2)c1. The summed E-state index contributed by atoms with van der Waals surface area (Å²) < 4.78 is 1.83. The second-order valence-electron chi connectivity index (χ2n) is 5.87. The van der Waals surface area contributed by atoms with Crippen molar-refractivity contribution in [1.82, 2.24) is 19.5 Å². The molecule has 0 atom stereocenters. The van der Waals surface area contributed by atoms with Crippen molar-refractivity contribution >= 4 is 28.3 Å². The Labute approximate surface area is 154 Å². The largest absolute Gasteiger partial charge is 0.381 e. The lowest BCUT2D eigenvalue weighted by Crippen LogP contribution is -2.07. The fourth-order valence-electron chi connectivity index (χ4n) is 2.81. The molecule has 0 radical (unpaired) electrons. The highest BCUT2D eigenvalue weighted by molar-refractivity contribution is 6.35. The highest BCUT2D eigenvalue weighted by Gasteiger charge is 2.17. The van der Waals surface area contributed by atoms with Gasteiger partial charge in [0.25, 0.3) is 0 Å². The summed E-state index contributed by atoms with van der Waals surface area (Å²) in [4.78, 5) is 13.2. The summed E-state index contributed by atoms with van der Waals surface area (Å²) in [7, 11) is 0. The average molecular weight is 361 g/mol. The van der Waals surface area contributed by atoms with E-state index >= 15 is 0 Å². The highest BCUT2D eigenvalue weighted by atomic mass is 35.5. The Hall–Kier alpha value is -3.43. The van der Waals surface area contributed by atoms with E-state index in [4.69, 9.17) is 17.3 Å². The lowest BCUT2D eigenvalue weighted by atomic mass is 10.1. The van der Waals surface area contributed by atoms with Gasteiger partial charge in [0.15, 0.2) is 17.3 Å². The number of fused-ring (bicyclic) bond motifs is 1. The number of hydrogen-bond donors (Lipinski definition) is 1. The average Bonchev–Trinajstić information content (AvgIpc) is 3.07. The van der Waals surface area contributed by atoms with Gasteiger partial charge >= 0.3 is 0 Å². The molecule has 0 amide bonds. The first-order valence-corrected chi connectivity index (χ1v) is 8.22. The van der Waals surface area contributed by atoms with Crippen LogP contribution in [0.5, 0.6) is 0 Å². The first-order chi connectivity index (χ1) is 12.6. The minimum Gasteiger partial charge on any atom is -0.381 e. The van der Waals surface area contributed by atoms with Crippen LogP contribution in [-0.2, 0) is 0 Å². The minimum atomic E-state index is 0.0787. The Kier molecular flexibility index (Phi) is 3.79. The smallest absolute Gasteiger partial charge is 0.183 e. The van der Waals surface area contributed by atoms with Crippen LogP contribution in [0.1, 0.15) is 11.3 Å². The third-order valence-corrected chi connectivity index (χ3v) is 4.32. The summed E-state index contributed by atoms with van der Waals surface area (Å²) >= 11 is 6.41. The van der Waals surface area contributed by atoms with Crippen molar-refractivity contribution in [2.24, 2.45) is 0 Å². The van der Waals surface area contributed by atoms with E-state index in [0.29, 0.717) is 22.1 Å². The van der Waals surface area contributed by atoms with Crippen LogP contribution in [0.15, 0.2) is 48.9 Å². The molecule has 4 rings (SSSR count). The van der Waals surface area contributed by atoms with E-state index in [0.717, 1.165) is 16.5 Å². The number of pyridine rings is 1. The first-order valence-electron chi connectivity index (χ1n) is 7.84. The van der Waals surface area contributed by atoms with Crippen LogP contribution in [0, 0.1) is 18.3 Å². The molecule has 0 aliphatic carbocycles. The molecular weight excluding hydrogens is 348 g/mol. The molecule has 0 bridgehead atoms. The molecule has 6 nitrogen and oxygen atoms in total. The number of benzene rings is 1. The zero-order valence-corrected chi connectivity index (χ0v) is 14.6. The van der Waals surface area contributed by atoms with Crippen molar-refractivity contribution in [1.29, 1.82) is 5.26 Å². The summed E-state index contributed by atoms with van der Waals surface area (Å²) in [6, 6.07) is 11.4.